The van der Waals surface area contributed by atoms with Crippen molar-refractivity contribution in [2.45, 2.75) is 19.0 Å². The van der Waals surface area contributed by atoms with Gasteiger partial charge in [0.05, 0.1) is 5.69 Å². The van der Waals surface area contributed by atoms with E-state index in [2.05, 4.69) is 21.8 Å². The summed E-state index contributed by atoms with van der Waals surface area (Å²) in [6, 6.07) is 12.3. The largest absolute Gasteiger partial charge is 0.335 e. The van der Waals surface area contributed by atoms with Crippen LogP contribution in [0.5, 0.6) is 0 Å². The molecule has 2 aliphatic rings. The summed E-state index contributed by atoms with van der Waals surface area (Å²) in [6.07, 6.45) is 3.84. The highest BCUT2D eigenvalue weighted by atomic mass is 35.5. The molecular weight excluding hydrogens is 450 g/mol. The molecule has 2 saturated heterocycles. The van der Waals surface area contributed by atoms with E-state index in [9.17, 15) is 4.79 Å². The molecule has 34 heavy (non-hydrogen) atoms. The van der Waals surface area contributed by atoms with E-state index >= 15 is 0 Å². The second-order valence-electron chi connectivity index (χ2n) is 9.07. The summed E-state index contributed by atoms with van der Waals surface area (Å²) in [5.41, 5.74) is 5.89. The molecule has 4 aromatic rings. The van der Waals surface area contributed by atoms with Gasteiger partial charge in [-0.05, 0) is 24.6 Å². The minimum atomic E-state index is 0.0209. The van der Waals surface area contributed by atoms with Gasteiger partial charge in [0.1, 0.15) is 16.5 Å². The SMILES string of the molecule is Cc1nn(C)cc1-c1ccccc1-c1nc2cc(C(=O)N3C[C@@H]4NCCN[C@@H]4C3)ccn2c1Cl. The lowest BCUT2D eigenvalue weighted by molar-refractivity contribution is 0.0788. The van der Waals surface area contributed by atoms with Gasteiger partial charge in [0, 0.05) is 74.4 Å². The number of hydrogen-bond acceptors (Lipinski definition) is 5. The number of aromatic nitrogens is 4. The molecule has 1 amide bonds. The van der Waals surface area contributed by atoms with Gasteiger partial charge in [-0.2, -0.15) is 5.10 Å². The second-order valence-corrected chi connectivity index (χ2v) is 9.43. The van der Waals surface area contributed by atoms with Crippen LogP contribution < -0.4 is 10.6 Å². The Bertz CT molecular complexity index is 1390. The number of nitrogens with one attached hydrogen (secondary N) is 2. The molecule has 2 atom stereocenters. The number of fused-ring (bicyclic) bond motifs is 2. The first-order valence-corrected chi connectivity index (χ1v) is 11.9. The Morgan fingerprint density at radius 2 is 1.76 bits per heavy atom. The van der Waals surface area contributed by atoms with Crippen LogP contribution in [0.15, 0.2) is 48.8 Å². The monoisotopic (exact) mass is 475 g/mol. The molecular formula is C25H26ClN7O. The Morgan fingerprint density at radius 1 is 1.06 bits per heavy atom. The number of benzene rings is 1. The lowest BCUT2D eigenvalue weighted by Gasteiger charge is -2.26. The third-order valence-electron chi connectivity index (χ3n) is 6.85. The highest BCUT2D eigenvalue weighted by Gasteiger charge is 2.36. The number of aryl methyl sites for hydroxylation is 2. The van der Waals surface area contributed by atoms with Crippen LogP contribution >= 0.6 is 11.6 Å². The summed E-state index contributed by atoms with van der Waals surface area (Å²) < 4.78 is 3.64. The molecule has 0 radical (unpaired) electrons. The average Bonchev–Trinajstić information content (AvgIpc) is 3.53. The van der Waals surface area contributed by atoms with E-state index in [4.69, 9.17) is 16.6 Å². The molecule has 2 fully saturated rings. The van der Waals surface area contributed by atoms with Gasteiger partial charge in [0.25, 0.3) is 5.91 Å². The summed E-state index contributed by atoms with van der Waals surface area (Å²) in [5.74, 6) is 0.0209. The highest BCUT2D eigenvalue weighted by Crippen LogP contribution is 2.37. The summed E-state index contributed by atoms with van der Waals surface area (Å²) >= 11 is 6.81. The summed E-state index contributed by atoms with van der Waals surface area (Å²) in [4.78, 5) is 20.0. The first-order chi connectivity index (χ1) is 16.5. The first kappa shape index (κ1) is 21.3. The second kappa shape index (κ2) is 8.23. The molecule has 0 aliphatic carbocycles. The third-order valence-corrected chi connectivity index (χ3v) is 7.21. The van der Waals surface area contributed by atoms with Crippen molar-refractivity contribution in [2.75, 3.05) is 26.2 Å². The smallest absolute Gasteiger partial charge is 0.254 e. The molecule has 174 valence electrons. The van der Waals surface area contributed by atoms with E-state index in [0.717, 1.165) is 35.5 Å². The first-order valence-electron chi connectivity index (χ1n) is 11.5. The Balaban J connectivity index is 1.36. The van der Waals surface area contributed by atoms with Crippen molar-refractivity contribution in [2.24, 2.45) is 7.05 Å². The van der Waals surface area contributed by atoms with Crippen molar-refractivity contribution in [3.8, 4) is 22.4 Å². The Kier molecular flexibility index (Phi) is 5.17. The van der Waals surface area contributed by atoms with E-state index in [1.54, 1.807) is 0 Å². The summed E-state index contributed by atoms with van der Waals surface area (Å²) in [6.45, 7) is 5.28. The van der Waals surface area contributed by atoms with Crippen LogP contribution in [-0.4, -0.2) is 68.2 Å². The lowest BCUT2D eigenvalue weighted by Crippen LogP contribution is -2.55. The minimum absolute atomic E-state index is 0.0209. The molecule has 9 heteroatoms. The molecule has 2 aliphatic heterocycles. The number of hydrogen-bond donors (Lipinski definition) is 2. The van der Waals surface area contributed by atoms with Gasteiger partial charge in [-0.15, -0.1) is 0 Å². The zero-order chi connectivity index (χ0) is 23.4. The zero-order valence-electron chi connectivity index (χ0n) is 19.1. The molecule has 5 heterocycles. The van der Waals surface area contributed by atoms with E-state index in [1.165, 1.54) is 0 Å². The molecule has 8 nitrogen and oxygen atoms in total. The van der Waals surface area contributed by atoms with Crippen molar-refractivity contribution in [3.63, 3.8) is 0 Å². The maximum atomic E-state index is 13.3. The number of rotatable bonds is 3. The van der Waals surface area contributed by atoms with Crippen LogP contribution in [0.2, 0.25) is 5.15 Å². The molecule has 6 rings (SSSR count). The molecule has 0 spiro atoms. The molecule has 0 unspecified atom stereocenters. The number of amides is 1. The van der Waals surface area contributed by atoms with Gasteiger partial charge in [-0.25, -0.2) is 4.98 Å². The standard InChI is InChI=1S/C25H26ClN7O/c1-15-19(12-31(2)30-15)17-5-3-4-6-18(17)23-24(26)33-10-7-16(11-22(33)29-23)25(34)32-13-20-21(14-32)28-9-8-27-20/h3-7,10-12,20-21,27-28H,8-9,13-14H2,1-2H3/t20-,21+. The number of halogens is 1. The Morgan fingerprint density at radius 3 is 2.44 bits per heavy atom. The molecule has 2 N–H and O–H groups in total. The number of imidazole rings is 1. The van der Waals surface area contributed by atoms with Crippen LogP contribution in [0, 0.1) is 6.92 Å². The number of carbonyl (C=O) groups is 1. The maximum absolute atomic E-state index is 13.3. The summed E-state index contributed by atoms with van der Waals surface area (Å²) in [5, 5.41) is 12.0. The van der Waals surface area contributed by atoms with Gasteiger partial charge in [-0.1, -0.05) is 35.9 Å². The fraction of sp³-hybridized carbons (Fsp3) is 0.320. The van der Waals surface area contributed by atoms with Crippen LogP contribution in [0.1, 0.15) is 16.1 Å². The van der Waals surface area contributed by atoms with Crippen molar-refractivity contribution < 1.29 is 4.79 Å². The fourth-order valence-electron chi connectivity index (χ4n) is 5.19. The molecule has 0 saturated carbocycles. The van der Waals surface area contributed by atoms with Gasteiger partial charge in [0.15, 0.2) is 0 Å². The normalized spacial score (nSPS) is 20.1. The van der Waals surface area contributed by atoms with E-state index < -0.39 is 0 Å². The fourth-order valence-corrected chi connectivity index (χ4v) is 5.48. The average molecular weight is 476 g/mol. The van der Waals surface area contributed by atoms with Crippen molar-refractivity contribution >= 4 is 23.2 Å². The Hall–Kier alpha value is -3.20. The predicted octanol–water partition coefficient (Wildman–Crippen LogP) is 2.75. The lowest BCUT2D eigenvalue weighted by atomic mass is 9.99. The topological polar surface area (TPSA) is 79.5 Å². The molecule has 0 bridgehead atoms. The summed E-state index contributed by atoms with van der Waals surface area (Å²) in [7, 11) is 1.91. The van der Waals surface area contributed by atoms with Crippen molar-refractivity contribution in [1.29, 1.82) is 0 Å². The number of carbonyl (C=O) groups excluding carboxylic acids is 1. The van der Waals surface area contributed by atoms with E-state index in [0.29, 0.717) is 47.2 Å². The third kappa shape index (κ3) is 3.50. The number of nitrogens with zero attached hydrogens (tertiary/aromatic N) is 5. The number of pyridine rings is 1. The van der Waals surface area contributed by atoms with Gasteiger partial charge >= 0.3 is 0 Å². The van der Waals surface area contributed by atoms with Gasteiger partial charge in [-0.3, -0.25) is 13.9 Å². The van der Waals surface area contributed by atoms with Crippen molar-refractivity contribution in [3.05, 3.63) is 65.2 Å². The number of likely N-dealkylation sites (tertiary alicyclic amines) is 1. The van der Waals surface area contributed by atoms with Gasteiger partial charge in [0.2, 0.25) is 0 Å². The van der Waals surface area contributed by atoms with Crippen LogP contribution in [0.3, 0.4) is 0 Å². The van der Waals surface area contributed by atoms with E-state index in [1.807, 2.05) is 70.7 Å². The van der Waals surface area contributed by atoms with Crippen LogP contribution in [0.25, 0.3) is 28.0 Å². The quantitative estimate of drug-likeness (QED) is 0.476. The zero-order valence-corrected chi connectivity index (χ0v) is 19.9. The number of piperazine rings is 1. The molecule has 3 aromatic heterocycles. The molecule has 1 aromatic carbocycles. The van der Waals surface area contributed by atoms with Crippen LogP contribution in [-0.2, 0) is 7.05 Å². The minimum Gasteiger partial charge on any atom is -0.335 e. The Labute approximate surface area is 202 Å². The predicted molar refractivity (Wildman–Crippen MR) is 132 cm³/mol. The van der Waals surface area contributed by atoms with Crippen molar-refractivity contribution in [1.82, 2.24) is 34.7 Å². The highest BCUT2D eigenvalue weighted by molar-refractivity contribution is 6.32. The maximum Gasteiger partial charge on any atom is 0.254 e. The van der Waals surface area contributed by atoms with E-state index in [-0.39, 0.29) is 5.91 Å². The van der Waals surface area contributed by atoms with Crippen LogP contribution in [0.4, 0.5) is 0 Å². The van der Waals surface area contributed by atoms with Gasteiger partial charge < -0.3 is 15.5 Å².